The van der Waals surface area contributed by atoms with Crippen molar-refractivity contribution >= 4 is 29.1 Å². The quantitative estimate of drug-likeness (QED) is 0.294. The van der Waals surface area contributed by atoms with Crippen molar-refractivity contribution < 1.29 is 24.2 Å². The van der Waals surface area contributed by atoms with E-state index in [0.29, 0.717) is 38.0 Å². The van der Waals surface area contributed by atoms with Crippen LogP contribution in [0.1, 0.15) is 45.6 Å². The molecule has 3 amide bonds. The minimum atomic E-state index is -1.16. The van der Waals surface area contributed by atoms with Gasteiger partial charge in [-0.2, -0.15) is 0 Å². The molecule has 0 radical (unpaired) electrons. The molecule has 9 heteroatoms. The monoisotopic (exact) mass is 628 g/mol. The van der Waals surface area contributed by atoms with Gasteiger partial charge in [0.1, 0.15) is 11.6 Å². The second kappa shape index (κ2) is 13.8. The lowest BCUT2D eigenvalue weighted by atomic mass is 9.66. The van der Waals surface area contributed by atoms with Gasteiger partial charge in [0, 0.05) is 57.3 Å². The summed E-state index contributed by atoms with van der Waals surface area (Å²) in [6, 6.07) is 16.7. The van der Waals surface area contributed by atoms with Gasteiger partial charge in [0.05, 0.1) is 17.4 Å². The Kier molecular flexibility index (Phi) is 10.0. The molecular weight excluding hydrogens is 580 g/mol. The van der Waals surface area contributed by atoms with Crippen LogP contribution in [0.4, 0.5) is 11.4 Å². The Balaban J connectivity index is 1.52. The summed E-state index contributed by atoms with van der Waals surface area (Å²) in [5.74, 6) is -2.27. The number of fused-ring (bicyclic) bond motifs is 1. The highest BCUT2D eigenvalue weighted by molar-refractivity contribution is 6.05. The van der Waals surface area contributed by atoms with Gasteiger partial charge < -0.3 is 29.4 Å². The lowest BCUT2D eigenvalue weighted by Crippen LogP contribution is -2.56. The zero-order chi connectivity index (χ0) is 33.1. The van der Waals surface area contributed by atoms with Crippen LogP contribution in [0.25, 0.3) is 0 Å². The Morgan fingerprint density at radius 2 is 1.63 bits per heavy atom. The molecule has 5 rings (SSSR count). The molecule has 5 atom stereocenters. The average Bonchev–Trinajstić information content (AvgIpc) is 3.63. The Labute approximate surface area is 273 Å². The summed E-state index contributed by atoms with van der Waals surface area (Å²) >= 11 is 0. The first-order chi connectivity index (χ1) is 22.2. The van der Waals surface area contributed by atoms with Crippen LogP contribution in [0.15, 0.2) is 79.9 Å². The molecule has 2 bridgehead atoms. The molecule has 3 aliphatic heterocycles. The van der Waals surface area contributed by atoms with Crippen LogP contribution in [-0.4, -0.2) is 89.2 Å². The third-order valence-corrected chi connectivity index (χ3v) is 10.1. The van der Waals surface area contributed by atoms with Crippen LogP contribution < -0.4 is 9.80 Å². The van der Waals surface area contributed by atoms with Crippen molar-refractivity contribution in [2.45, 2.75) is 63.8 Å². The topological polar surface area (TPSA) is 93.6 Å². The molecule has 0 aliphatic carbocycles. The van der Waals surface area contributed by atoms with Gasteiger partial charge in [-0.3, -0.25) is 14.4 Å². The molecule has 2 aromatic carbocycles. The van der Waals surface area contributed by atoms with E-state index in [4.69, 9.17) is 4.74 Å². The highest BCUT2D eigenvalue weighted by atomic mass is 16.5. The standard InChI is InChI=1S/C37H48N4O5/c1-6-22-39(26-27-14-11-10-12-15-27)33(43)30-31-34(44)41(24-13-25-42)32(37(31)21-20-36(30,5)46-37)35(45)40(23-7-2)29-18-16-28(17-19-29)38(8-3)9-4/h6-7,10-12,14-19,30-32,42H,1-2,8-9,13,20-26H2,3-5H3/t30-,31-,32?,36+,37?/m0/s1. The number of ether oxygens (including phenoxy) is 1. The Morgan fingerprint density at radius 1 is 0.978 bits per heavy atom. The number of aliphatic hydroxyl groups is 1. The van der Waals surface area contributed by atoms with Crippen molar-refractivity contribution in [3.05, 3.63) is 85.5 Å². The number of nitrogens with zero attached hydrogens (tertiary/aromatic N) is 4. The third kappa shape index (κ3) is 5.75. The molecule has 9 nitrogen and oxygen atoms in total. The zero-order valence-electron chi connectivity index (χ0n) is 27.4. The predicted molar refractivity (Wildman–Crippen MR) is 180 cm³/mol. The number of amides is 3. The fourth-order valence-corrected chi connectivity index (χ4v) is 7.98. The summed E-state index contributed by atoms with van der Waals surface area (Å²) in [5, 5.41) is 9.75. The lowest BCUT2D eigenvalue weighted by molar-refractivity contribution is -0.150. The number of benzene rings is 2. The van der Waals surface area contributed by atoms with E-state index in [1.807, 2.05) is 61.5 Å². The van der Waals surface area contributed by atoms with E-state index in [-0.39, 0.29) is 37.4 Å². The van der Waals surface area contributed by atoms with Crippen molar-refractivity contribution in [1.29, 1.82) is 0 Å². The second-order valence-corrected chi connectivity index (χ2v) is 12.8. The van der Waals surface area contributed by atoms with Crippen molar-refractivity contribution in [1.82, 2.24) is 9.80 Å². The van der Waals surface area contributed by atoms with E-state index >= 15 is 0 Å². The maximum atomic E-state index is 14.8. The fraction of sp³-hybridized carbons (Fsp3) is 0.486. The second-order valence-electron chi connectivity index (χ2n) is 12.8. The Bertz CT molecular complexity index is 1430. The lowest BCUT2D eigenvalue weighted by Gasteiger charge is -2.37. The first kappa shape index (κ1) is 33.4. The van der Waals surface area contributed by atoms with Crippen molar-refractivity contribution in [2.75, 3.05) is 49.1 Å². The number of hydrogen-bond donors (Lipinski definition) is 1. The molecule has 0 aromatic heterocycles. The van der Waals surface area contributed by atoms with Crippen LogP contribution in [0.3, 0.4) is 0 Å². The number of hydrogen-bond acceptors (Lipinski definition) is 6. The van der Waals surface area contributed by atoms with E-state index in [1.54, 1.807) is 26.9 Å². The number of carbonyl (C=O) groups excluding carboxylic acids is 3. The van der Waals surface area contributed by atoms with E-state index in [9.17, 15) is 19.5 Å². The summed E-state index contributed by atoms with van der Waals surface area (Å²) in [6.07, 6.45) is 4.72. The average molecular weight is 629 g/mol. The smallest absolute Gasteiger partial charge is 0.253 e. The molecule has 2 unspecified atom stereocenters. The van der Waals surface area contributed by atoms with E-state index < -0.39 is 29.1 Å². The molecule has 3 aliphatic rings. The largest absolute Gasteiger partial charge is 0.396 e. The van der Waals surface area contributed by atoms with Gasteiger partial charge in [0.15, 0.2) is 0 Å². The molecule has 46 heavy (non-hydrogen) atoms. The number of anilines is 2. The molecule has 3 fully saturated rings. The van der Waals surface area contributed by atoms with E-state index in [2.05, 4.69) is 31.9 Å². The van der Waals surface area contributed by atoms with Gasteiger partial charge in [-0.1, -0.05) is 42.5 Å². The Hall–Kier alpha value is -3.95. The summed E-state index contributed by atoms with van der Waals surface area (Å²) < 4.78 is 6.86. The van der Waals surface area contributed by atoms with Crippen LogP contribution in [-0.2, 0) is 25.7 Å². The van der Waals surface area contributed by atoms with Crippen LogP contribution in [0.5, 0.6) is 0 Å². The molecule has 3 saturated heterocycles. The highest BCUT2D eigenvalue weighted by Gasteiger charge is 2.78. The maximum Gasteiger partial charge on any atom is 0.253 e. The molecule has 1 N–H and O–H groups in total. The van der Waals surface area contributed by atoms with E-state index in [1.165, 1.54) is 0 Å². The molecule has 3 heterocycles. The number of carbonyl (C=O) groups is 3. The third-order valence-electron chi connectivity index (χ3n) is 10.1. The fourth-order valence-electron chi connectivity index (χ4n) is 7.98. The van der Waals surface area contributed by atoms with Gasteiger partial charge in [0.25, 0.3) is 5.91 Å². The summed E-state index contributed by atoms with van der Waals surface area (Å²) in [4.78, 5) is 50.9. The first-order valence-electron chi connectivity index (χ1n) is 16.5. The molecule has 1 spiro atoms. The maximum absolute atomic E-state index is 14.8. The van der Waals surface area contributed by atoms with Crippen molar-refractivity contribution in [3.63, 3.8) is 0 Å². The van der Waals surface area contributed by atoms with Crippen molar-refractivity contribution in [2.24, 2.45) is 11.8 Å². The first-order valence-corrected chi connectivity index (χ1v) is 16.5. The Morgan fingerprint density at radius 3 is 2.24 bits per heavy atom. The summed E-state index contributed by atoms with van der Waals surface area (Å²) in [6.45, 7) is 16.6. The van der Waals surface area contributed by atoms with Crippen LogP contribution >= 0.6 is 0 Å². The van der Waals surface area contributed by atoms with Gasteiger partial charge in [-0.15, -0.1) is 13.2 Å². The highest BCUT2D eigenvalue weighted by Crippen LogP contribution is 2.63. The SMILES string of the molecule is C=CCN(Cc1ccccc1)C(=O)[C@@H]1[C@H]2C(=O)N(CCCO)C(C(=O)N(CC=C)c3ccc(N(CC)CC)cc3)C23CC[C@@]1(C)O3. The number of aliphatic hydroxyl groups excluding tert-OH is 1. The van der Waals surface area contributed by atoms with Gasteiger partial charge in [-0.25, -0.2) is 0 Å². The summed E-state index contributed by atoms with van der Waals surface area (Å²) in [7, 11) is 0. The zero-order valence-corrected chi connectivity index (χ0v) is 27.4. The normalized spacial score (nSPS) is 26.1. The summed E-state index contributed by atoms with van der Waals surface area (Å²) in [5.41, 5.74) is 0.673. The minimum Gasteiger partial charge on any atom is -0.396 e. The van der Waals surface area contributed by atoms with Crippen molar-refractivity contribution in [3.8, 4) is 0 Å². The predicted octanol–water partition coefficient (Wildman–Crippen LogP) is 4.41. The van der Waals surface area contributed by atoms with Gasteiger partial charge >= 0.3 is 0 Å². The molecule has 246 valence electrons. The van der Waals surface area contributed by atoms with E-state index in [0.717, 1.165) is 24.3 Å². The van der Waals surface area contributed by atoms with Gasteiger partial charge in [-0.05, 0) is 69.9 Å². The molecular formula is C37H48N4O5. The molecule has 0 saturated carbocycles. The van der Waals surface area contributed by atoms with Crippen LogP contribution in [0, 0.1) is 11.8 Å². The number of rotatable bonds is 15. The minimum absolute atomic E-state index is 0.128. The van der Waals surface area contributed by atoms with Crippen LogP contribution in [0.2, 0.25) is 0 Å². The number of likely N-dealkylation sites (tertiary alicyclic amines) is 1. The molecule has 2 aromatic rings. The van der Waals surface area contributed by atoms with Gasteiger partial charge in [0.2, 0.25) is 11.8 Å².